The smallest absolute Gasteiger partial charge is 0.317 e. The normalized spacial score (nSPS) is 17.3. The van der Waals surface area contributed by atoms with Gasteiger partial charge in [0.05, 0.1) is 24.3 Å². The fourth-order valence-electron chi connectivity index (χ4n) is 3.08. The topological polar surface area (TPSA) is 83.0 Å². The number of amides is 1. The molecule has 1 aliphatic heterocycles. The maximum Gasteiger partial charge on any atom is 0.317 e. The molecular formula is C19H23N3O4S. The standard InChI is InChI=1S/C19H23N3O4S/c1-21(12-18(23)24)10-15-11-22(7-8-26-15)19(25)16-13-27-17(20-16)9-14-5-3-2-4-6-14/h2-6,13,15H,7-12H2,1H3,(H,23,24). The second-order valence-electron chi connectivity index (χ2n) is 6.62. The first-order chi connectivity index (χ1) is 13.0. The number of benzene rings is 1. The van der Waals surface area contributed by atoms with E-state index in [0.717, 1.165) is 5.01 Å². The van der Waals surface area contributed by atoms with Crippen molar-refractivity contribution in [1.29, 1.82) is 0 Å². The first kappa shape index (κ1) is 19.5. The van der Waals surface area contributed by atoms with Crippen LogP contribution in [-0.2, 0) is 16.0 Å². The van der Waals surface area contributed by atoms with Crippen LogP contribution in [0.25, 0.3) is 0 Å². The average Bonchev–Trinajstić information content (AvgIpc) is 3.10. The van der Waals surface area contributed by atoms with E-state index in [0.29, 0.717) is 38.4 Å². The minimum absolute atomic E-state index is 0.0528. The van der Waals surface area contributed by atoms with E-state index in [1.807, 2.05) is 35.7 Å². The summed E-state index contributed by atoms with van der Waals surface area (Å²) in [5.74, 6) is -0.977. The van der Waals surface area contributed by atoms with Crippen molar-refractivity contribution in [3.8, 4) is 0 Å². The van der Waals surface area contributed by atoms with Crippen molar-refractivity contribution in [2.24, 2.45) is 0 Å². The molecule has 1 saturated heterocycles. The summed E-state index contributed by atoms with van der Waals surface area (Å²) in [5.41, 5.74) is 1.63. The third-order valence-electron chi connectivity index (χ3n) is 4.32. The number of carbonyl (C=O) groups excluding carboxylic acids is 1. The quantitative estimate of drug-likeness (QED) is 0.774. The number of hydrogen-bond donors (Lipinski definition) is 1. The molecule has 0 aliphatic carbocycles. The molecular weight excluding hydrogens is 366 g/mol. The van der Waals surface area contributed by atoms with E-state index in [9.17, 15) is 9.59 Å². The van der Waals surface area contributed by atoms with E-state index in [1.54, 1.807) is 16.8 Å². The average molecular weight is 389 g/mol. The van der Waals surface area contributed by atoms with Crippen molar-refractivity contribution >= 4 is 23.2 Å². The van der Waals surface area contributed by atoms with E-state index < -0.39 is 5.97 Å². The number of nitrogens with zero attached hydrogens (tertiary/aromatic N) is 3. The molecule has 2 heterocycles. The number of likely N-dealkylation sites (N-methyl/N-ethyl adjacent to an activating group) is 1. The summed E-state index contributed by atoms with van der Waals surface area (Å²) in [5, 5.41) is 11.6. The fourth-order valence-corrected chi connectivity index (χ4v) is 3.88. The predicted molar refractivity (Wildman–Crippen MR) is 102 cm³/mol. The van der Waals surface area contributed by atoms with E-state index in [1.165, 1.54) is 16.9 Å². The van der Waals surface area contributed by atoms with Crippen LogP contribution < -0.4 is 0 Å². The lowest BCUT2D eigenvalue weighted by molar-refractivity contribution is -0.138. The predicted octanol–water partition coefficient (Wildman–Crippen LogP) is 1.59. The molecule has 3 rings (SSSR count). The zero-order valence-corrected chi connectivity index (χ0v) is 16.0. The number of morpholine rings is 1. The molecule has 0 saturated carbocycles. The number of carboxylic acids is 1. The Balaban J connectivity index is 1.58. The Hall–Kier alpha value is -2.29. The van der Waals surface area contributed by atoms with Crippen LogP contribution in [0.1, 0.15) is 21.1 Å². The minimum Gasteiger partial charge on any atom is -0.480 e. The van der Waals surface area contributed by atoms with Gasteiger partial charge >= 0.3 is 5.97 Å². The van der Waals surface area contributed by atoms with Gasteiger partial charge in [-0.15, -0.1) is 11.3 Å². The molecule has 144 valence electrons. The summed E-state index contributed by atoms with van der Waals surface area (Å²) < 4.78 is 5.68. The Kier molecular flexibility index (Phi) is 6.54. The van der Waals surface area contributed by atoms with Crippen LogP contribution in [0.4, 0.5) is 0 Å². The number of carboxylic acid groups (broad SMARTS) is 1. The number of aromatic nitrogens is 1. The van der Waals surface area contributed by atoms with E-state index in [-0.39, 0.29) is 18.6 Å². The first-order valence-electron chi connectivity index (χ1n) is 8.81. The Morgan fingerprint density at radius 1 is 1.37 bits per heavy atom. The van der Waals surface area contributed by atoms with Gasteiger partial charge < -0.3 is 14.7 Å². The number of carbonyl (C=O) groups is 2. The lowest BCUT2D eigenvalue weighted by atomic mass is 10.2. The number of aliphatic carboxylic acids is 1. The second kappa shape index (κ2) is 9.07. The Morgan fingerprint density at radius 2 is 2.15 bits per heavy atom. The summed E-state index contributed by atoms with van der Waals surface area (Å²) in [6.45, 7) is 1.81. The van der Waals surface area contributed by atoms with E-state index in [4.69, 9.17) is 9.84 Å². The third kappa shape index (κ3) is 5.59. The molecule has 0 radical (unpaired) electrons. The monoisotopic (exact) mass is 389 g/mol. The Morgan fingerprint density at radius 3 is 2.89 bits per heavy atom. The van der Waals surface area contributed by atoms with Gasteiger partial charge in [-0.3, -0.25) is 14.5 Å². The molecule has 1 aromatic heterocycles. The van der Waals surface area contributed by atoms with Crippen LogP contribution in [-0.4, -0.2) is 77.7 Å². The minimum atomic E-state index is -0.880. The lowest BCUT2D eigenvalue weighted by Gasteiger charge is -2.34. The van der Waals surface area contributed by atoms with Crippen LogP contribution in [0.15, 0.2) is 35.7 Å². The molecule has 8 heteroatoms. The molecule has 1 aliphatic rings. The zero-order valence-electron chi connectivity index (χ0n) is 15.2. The van der Waals surface area contributed by atoms with Gasteiger partial charge in [0.25, 0.3) is 5.91 Å². The van der Waals surface area contributed by atoms with Gasteiger partial charge in [0.2, 0.25) is 0 Å². The number of rotatable bonds is 7. The molecule has 1 N–H and O–H groups in total. The van der Waals surface area contributed by atoms with Crippen LogP contribution in [0, 0.1) is 0 Å². The summed E-state index contributed by atoms with van der Waals surface area (Å²) in [4.78, 5) is 31.5. The van der Waals surface area contributed by atoms with Gasteiger partial charge in [-0.1, -0.05) is 30.3 Å². The van der Waals surface area contributed by atoms with Gasteiger partial charge in [-0.25, -0.2) is 4.98 Å². The molecule has 7 nitrogen and oxygen atoms in total. The molecule has 0 spiro atoms. The highest BCUT2D eigenvalue weighted by Crippen LogP contribution is 2.17. The lowest BCUT2D eigenvalue weighted by Crippen LogP contribution is -2.49. The van der Waals surface area contributed by atoms with Gasteiger partial charge in [0.1, 0.15) is 5.69 Å². The first-order valence-corrected chi connectivity index (χ1v) is 9.69. The van der Waals surface area contributed by atoms with Crippen LogP contribution in [0.3, 0.4) is 0 Å². The van der Waals surface area contributed by atoms with Crippen molar-refractivity contribution < 1.29 is 19.4 Å². The molecule has 0 bridgehead atoms. The molecule has 2 aromatic rings. The van der Waals surface area contributed by atoms with Crippen LogP contribution in [0.5, 0.6) is 0 Å². The third-order valence-corrected chi connectivity index (χ3v) is 5.16. The molecule has 1 aromatic carbocycles. The second-order valence-corrected chi connectivity index (χ2v) is 7.57. The summed E-state index contributed by atoms with van der Waals surface area (Å²) >= 11 is 1.49. The zero-order chi connectivity index (χ0) is 19.2. The van der Waals surface area contributed by atoms with Crippen molar-refractivity contribution in [1.82, 2.24) is 14.8 Å². The molecule has 27 heavy (non-hydrogen) atoms. The Labute approximate surface area is 162 Å². The fraction of sp³-hybridized carbons (Fsp3) is 0.421. The van der Waals surface area contributed by atoms with Crippen LogP contribution >= 0.6 is 11.3 Å². The number of ether oxygens (including phenoxy) is 1. The van der Waals surface area contributed by atoms with Crippen molar-refractivity contribution in [3.63, 3.8) is 0 Å². The van der Waals surface area contributed by atoms with Crippen molar-refractivity contribution in [2.75, 3.05) is 39.8 Å². The van der Waals surface area contributed by atoms with Gasteiger partial charge in [0.15, 0.2) is 0 Å². The molecule has 1 atom stereocenters. The number of hydrogen-bond acceptors (Lipinski definition) is 6. The largest absolute Gasteiger partial charge is 0.480 e. The maximum absolute atomic E-state index is 12.8. The molecule has 1 fully saturated rings. The summed E-state index contributed by atoms with van der Waals surface area (Å²) in [7, 11) is 1.73. The SMILES string of the molecule is CN(CC(=O)O)CC1CN(C(=O)c2csc(Cc3ccccc3)n2)CCO1. The summed E-state index contributed by atoms with van der Waals surface area (Å²) in [6.07, 6.45) is 0.513. The van der Waals surface area contributed by atoms with Gasteiger partial charge in [-0.05, 0) is 12.6 Å². The van der Waals surface area contributed by atoms with Crippen molar-refractivity contribution in [3.05, 3.63) is 52.0 Å². The van der Waals surface area contributed by atoms with Gasteiger partial charge in [0, 0.05) is 31.4 Å². The Bertz CT molecular complexity index is 780. The van der Waals surface area contributed by atoms with Gasteiger partial charge in [-0.2, -0.15) is 0 Å². The molecule has 1 amide bonds. The van der Waals surface area contributed by atoms with E-state index >= 15 is 0 Å². The van der Waals surface area contributed by atoms with E-state index in [2.05, 4.69) is 4.98 Å². The van der Waals surface area contributed by atoms with Crippen molar-refractivity contribution in [2.45, 2.75) is 12.5 Å². The highest BCUT2D eigenvalue weighted by atomic mass is 32.1. The van der Waals surface area contributed by atoms with Crippen LogP contribution in [0.2, 0.25) is 0 Å². The summed E-state index contributed by atoms with van der Waals surface area (Å²) in [6, 6.07) is 10.0. The maximum atomic E-state index is 12.8. The highest BCUT2D eigenvalue weighted by Gasteiger charge is 2.27. The number of thiazole rings is 1. The molecule has 1 unspecified atom stereocenters. The highest BCUT2D eigenvalue weighted by molar-refractivity contribution is 7.09.